The van der Waals surface area contributed by atoms with Crippen LogP contribution in [0.2, 0.25) is 0 Å². The van der Waals surface area contributed by atoms with Gasteiger partial charge in [-0.1, -0.05) is 12.1 Å². The quantitative estimate of drug-likeness (QED) is 0.595. The number of para-hydroxylation sites is 1. The second-order valence-electron chi connectivity index (χ2n) is 5.87. The van der Waals surface area contributed by atoms with Gasteiger partial charge in [0.05, 0.1) is 12.0 Å². The van der Waals surface area contributed by atoms with Gasteiger partial charge in [-0.2, -0.15) is 8.78 Å². The lowest BCUT2D eigenvalue weighted by Gasteiger charge is -2.14. The van der Waals surface area contributed by atoms with Crippen LogP contribution < -0.4 is 19.9 Å². The van der Waals surface area contributed by atoms with E-state index in [0.29, 0.717) is 5.56 Å². The number of esters is 1. The number of halogens is 2. The number of hydrogen-bond acceptors (Lipinski definition) is 7. The lowest BCUT2D eigenvalue weighted by molar-refractivity contribution is -0.119. The molecule has 12 heteroatoms. The molecule has 9 nitrogen and oxygen atoms in total. The Morgan fingerprint density at radius 2 is 1.90 bits per heavy atom. The number of sulfonamides is 1. The molecule has 0 fully saturated rings. The van der Waals surface area contributed by atoms with Gasteiger partial charge in [0.2, 0.25) is 10.0 Å². The van der Waals surface area contributed by atoms with Crippen LogP contribution >= 0.6 is 0 Å². The Hall–Kier alpha value is -3.25. The van der Waals surface area contributed by atoms with Crippen LogP contribution in [-0.4, -0.2) is 40.6 Å². The van der Waals surface area contributed by atoms with Crippen molar-refractivity contribution in [1.29, 1.82) is 0 Å². The van der Waals surface area contributed by atoms with Gasteiger partial charge in [0.1, 0.15) is 5.56 Å². The van der Waals surface area contributed by atoms with Crippen molar-refractivity contribution in [3.63, 3.8) is 0 Å². The fraction of sp³-hybridized carbons (Fsp3) is 0.222. The van der Waals surface area contributed by atoms with E-state index < -0.39 is 40.9 Å². The minimum atomic E-state index is -4.00. The van der Waals surface area contributed by atoms with E-state index >= 15 is 0 Å². The first-order valence-corrected chi connectivity index (χ1v) is 9.79. The summed E-state index contributed by atoms with van der Waals surface area (Å²) in [6, 6.07) is 7.85. The third-order valence-electron chi connectivity index (χ3n) is 3.74. The van der Waals surface area contributed by atoms with Crippen molar-refractivity contribution >= 4 is 27.6 Å². The van der Waals surface area contributed by atoms with Gasteiger partial charge < -0.3 is 19.5 Å². The van der Waals surface area contributed by atoms with Crippen molar-refractivity contribution in [3.05, 3.63) is 47.5 Å². The maximum Gasteiger partial charge on any atom is 0.387 e. The third-order valence-corrected chi connectivity index (χ3v) is 4.79. The number of nitrogens with two attached hydrogens (primary N) is 1. The molecule has 0 aliphatic rings. The number of carbonyl (C=O) groups excluding carboxylic acids is 2. The van der Waals surface area contributed by atoms with E-state index in [9.17, 15) is 26.8 Å². The first kappa shape index (κ1) is 23.0. The Morgan fingerprint density at radius 3 is 2.50 bits per heavy atom. The highest BCUT2D eigenvalue weighted by Crippen LogP contribution is 2.32. The van der Waals surface area contributed by atoms with E-state index in [4.69, 9.17) is 14.6 Å². The van der Waals surface area contributed by atoms with E-state index in [1.54, 1.807) is 0 Å². The molecule has 0 aliphatic carbocycles. The molecule has 0 aliphatic heterocycles. The number of nitrogens with one attached hydrogen (secondary N) is 1. The number of methoxy groups -OCH3 is 1. The SMILES string of the molecule is COc1cccc(C(=O)OCC(=O)Nc2ccc(C)c(S(N)(=O)=O)c2)c1OC(F)F. The van der Waals surface area contributed by atoms with Crippen molar-refractivity contribution in [2.75, 3.05) is 19.0 Å². The molecule has 2 aromatic rings. The number of ether oxygens (including phenoxy) is 3. The summed E-state index contributed by atoms with van der Waals surface area (Å²) in [5.41, 5.74) is 0.120. The number of rotatable bonds is 8. The van der Waals surface area contributed by atoms with E-state index in [-0.39, 0.29) is 21.9 Å². The maximum atomic E-state index is 12.6. The number of alkyl halides is 2. The van der Waals surface area contributed by atoms with Crippen LogP contribution in [-0.2, 0) is 19.6 Å². The summed E-state index contributed by atoms with van der Waals surface area (Å²) in [5, 5.41) is 7.45. The summed E-state index contributed by atoms with van der Waals surface area (Å²) in [4.78, 5) is 24.1. The Bertz CT molecular complexity index is 1060. The highest BCUT2D eigenvalue weighted by molar-refractivity contribution is 7.89. The predicted molar refractivity (Wildman–Crippen MR) is 101 cm³/mol. The summed E-state index contributed by atoms with van der Waals surface area (Å²) in [7, 11) is -2.80. The summed E-state index contributed by atoms with van der Waals surface area (Å²) >= 11 is 0. The third kappa shape index (κ3) is 5.87. The molecular formula is C18H18F2N2O7S. The first-order chi connectivity index (χ1) is 14.0. The van der Waals surface area contributed by atoms with Crippen LogP contribution in [0.15, 0.2) is 41.3 Å². The summed E-state index contributed by atoms with van der Waals surface area (Å²) in [5.74, 6) is -2.55. The highest BCUT2D eigenvalue weighted by Gasteiger charge is 2.22. The Labute approximate surface area is 170 Å². The van der Waals surface area contributed by atoms with Crippen LogP contribution in [0.5, 0.6) is 11.5 Å². The summed E-state index contributed by atoms with van der Waals surface area (Å²) in [6.07, 6.45) is 0. The van der Waals surface area contributed by atoms with Gasteiger partial charge in [0.25, 0.3) is 5.91 Å². The molecule has 0 aromatic heterocycles. The van der Waals surface area contributed by atoms with Gasteiger partial charge in [-0.25, -0.2) is 18.4 Å². The lowest BCUT2D eigenvalue weighted by atomic mass is 10.2. The van der Waals surface area contributed by atoms with Gasteiger partial charge in [0, 0.05) is 5.69 Å². The zero-order valence-corrected chi connectivity index (χ0v) is 16.7. The van der Waals surface area contributed by atoms with Crippen molar-refractivity contribution in [3.8, 4) is 11.5 Å². The molecule has 0 radical (unpaired) electrons. The van der Waals surface area contributed by atoms with Crippen LogP contribution in [0.3, 0.4) is 0 Å². The van der Waals surface area contributed by atoms with Gasteiger partial charge in [-0.15, -0.1) is 0 Å². The Balaban J connectivity index is 2.10. The van der Waals surface area contributed by atoms with Crippen molar-refractivity contribution in [2.24, 2.45) is 5.14 Å². The van der Waals surface area contributed by atoms with Gasteiger partial charge in [0.15, 0.2) is 18.1 Å². The number of benzene rings is 2. The zero-order valence-electron chi connectivity index (χ0n) is 15.8. The zero-order chi connectivity index (χ0) is 22.5. The van der Waals surface area contributed by atoms with Crippen molar-refractivity contribution in [2.45, 2.75) is 18.4 Å². The van der Waals surface area contributed by atoms with Gasteiger partial charge in [-0.3, -0.25) is 4.79 Å². The molecule has 0 atom stereocenters. The Morgan fingerprint density at radius 1 is 1.20 bits per heavy atom. The number of hydrogen-bond donors (Lipinski definition) is 2. The Kier molecular flexibility index (Phi) is 7.29. The largest absolute Gasteiger partial charge is 0.493 e. The number of carbonyl (C=O) groups is 2. The average Bonchev–Trinajstić information content (AvgIpc) is 2.66. The average molecular weight is 444 g/mol. The fourth-order valence-electron chi connectivity index (χ4n) is 2.44. The van der Waals surface area contributed by atoms with Crippen molar-refractivity contribution in [1.82, 2.24) is 0 Å². The van der Waals surface area contributed by atoms with Crippen LogP contribution in [0.1, 0.15) is 15.9 Å². The molecule has 0 spiro atoms. The van der Waals surface area contributed by atoms with E-state index in [2.05, 4.69) is 10.1 Å². The highest BCUT2D eigenvalue weighted by atomic mass is 32.2. The van der Waals surface area contributed by atoms with E-state index in [1.165, 1.54) is 44.4 Å². The molecule has 30 heavy (non-hydrogen) atoms. The smallest absolute Gasteiger partial charge is 0.387 e. The second kappa shape index (κ2) is 9.50. The van der Waals surface area contributed by atoms with E-state index in [1.807, 2.05) is 0 Å². The molecule has 3 N–H and O–H groups in total. The molecule has 0 bridgehead atoms. The lowest BCUT2D eigenvalue weighted by Crippen LogP contribution is -2.22. The molecule has 2 rings (SSSR count). The van der Waals surface area contributed by atoms with E-state index in [0.717, 1.165) is 6.07 Å². The number of amides is 1. The molecule has 2 aromatic carbocycles. The molecule has 0 saturated carbocycles. The molecule has 162 valence electrons. The minimum absolute atomic E-state index is 0.105. The molecule has 0 unspecified atom stereocenters. The molecule has 0 heterocycles. The fourth-order valence-corrected chi connectivity index (χ4v) is 3.25. The van der Waals surface area contributed by atoms with Crippen LogP contribution in [0.25, 0.3) is 0 Å². The van der Waals surface area contributed by atoms with Crippen LogP contribution in [0.4, 0.5) is 14.5 Å². The number of primary sulfonamides is 1. The summed E-state index contributed by atoms with van der Waals surface area (Å²) < 4.78 is 62.4. The predicted octanol–water partition coefficient (Wildman–Crippen LogP) is 2.05. The van der Waals surface area contributed by atoms with Gasteiger partial charge in [-0.05, 0) is 36.8 Å². The molecular weight excluding hydrogens is 426 g/mol. The maximum absolute atomic E-state index is 12.6. The normalized spacial score (nSPS) is 11.1. The number of anilines is 1. The monoisotopic (exact) mass is 444 g/mol. The molecule has 0 saturated heterocycles. The molecule has 1 amide bonds. The second-order valence-corrected chi connectivity index (χ2v) is 7.39. The number of aryl methyl sites for hydroxylation is 1. The minimum Gasteiger partial charge on any atom is -0.493 e. The van der Waals surface area contributed by atoms with Crippen molar-refractivity contribution < 1.29 is 41.0 Å². The first-order valence-electron chi connectivity index (χ1n) is 8.25. The standard InChI is InChI=1S/C18H18F2N2O7S/c1-10-6-7-11(8-14(10)30(21,25)26)22-15(23)9-28-17(24)12-4-3-5-13(27-2)16(12)29-18(19)20/h3-8,18H,9H2,1-2H3,(H,22,23)(H2,21,25,26). The summed E-state index contributed by atoms with van der Waals surface area (Å²) in [6.45, 7) is -2.46. The van der Waals surface area contributed by atoms with Crippen LogP contribution in [0, 0.1) is 6.92 Å². The van der Waals surface area contributed by atoms with Gasteiger partial charge >= 0.3 is 12.6 Å². The topological polar surface area (TPSA) is 134 Å².